The number of anilines is 1. The molecule has 1 atom stereocenters. The number of nitrogen functional groups attached to an aromatic ring is 1. The standard InChI is InChI=1S/C17H19N3O2/c18-15-7-6-12(10-19-15)17(22)20-16(13-8-14(21)9-13)11-4-2-1-3-5-11/h1-7,10,13-14,16,21H,8-9H2,(H2,18,19)(H,20,22)/t13?,14?,16-/m1/s1. The zero-order valence-electron chi connectivity index (χ0n) is 12.1. The maximum Gasteiger partial charge on any atom is 0.253 e. The molecule has 1 aromatic carbocycles. The maximum absolute atomic E-state index is 12.4. The van der Waals surface area contributed by atoms with Crippen LogP contribution in [0, 0.1) is 5.92 Å². The second-order valence-corrected chi connectivity index (χ2v) is 5.72. The van der Waals surface area contributed by atoms with E-state index in [2.05, 4.69) is 10.3 Å². The van der Waals surface area contributed by atoms with Crippen molar-refractivity contribution in [2.24, 2.45) is 5.92 Å². The number of pyridine rings is 1. The molecule has 0 radical (unpaired) electrons. The van der Waals surface area contributed by atoms with Crippen LogP contribution in [0.15, 0.2) is 48.7 Å². The van der Waals surface area contributed by atoms with Crippen LogP contribution in [0.25, 0.3) is 0 Å². The summed E-state index contributed by atoms with van der Waals surface area (Å²) < 4.78 is 0. The highest BCUT2D eigenvalue weighted by Crippen LogP contribution is 2.38. The minimum atomic E-state index is -0.258. The monoisotopic (exact) mass is 297 g/mol. The molecule has 1 aromatic heterocycles. The normalized spacial score (nSPS) is 21.7. The van der Waals surface area contributed by atoms with Crippen LogP contribution >= 0.6 is 0 Å². The lowest BCUT2D eigenvalue weighted by Gasteiger charge is -2.38. The summed E-state index contributed by atoms with van der Waals surface area (Å²) in [6, 6.07) is 13.0. The average Bonchev–Trinajstić information content (AvgIpc) is 2.51. The first-order valence-corrected chi connectivity index (χ1v) is 7.39. The zero-order valence-corrected chi connectivity index (χ0v) is 12.1. The Morgan fingerprint density at radius 3 is 2.55 bits per heavy atom. The van der Waals surface area contributed by atoms with Gasteiger partial charge in [-0.05, 0) is 36.5 Å². The lowest BCUT2D eigenvalue weighted by atomic mass is 9.75. The second kappa shape index (κ2) is 6.15. The van der Waals surface area contributed by atoms with E-state index in [1.54, 1.807) is 12.1 Å². The van der Waals surface area contributed by atoms with Gasteiger partial charge in [0, 0.05) is 6.20 Å². The van der Waals surface area contributed by atoms with Crippen molar-refractivity contribution in [3.63, 3.8) is 0 Å². The summed E-state index contributed by atoms with van der Waals surface area (Å²) in [6.07, 6.45) is 2.63. The highest BCUT2D eigenvalue weighted by atomic mass is 16.3. The summed E-state index contributed by atoms with van der Waals surface area (Å²) in [7, 11) is 0. The molecule has 5 heteroatoms. The Hall–Kier alpha value is -2.40. The smallest absolute Gasteiger partial charge is 0.253 e. The first kappa shape index (κ1) is 14.5. The van der Waals surface area contributed by atoms with Crippen molar-refractivity contribution < 1.29 is 9.90 Å². The fraction of sp³-hybridized carbons (Fsp3) is 0.294. The number of aromatic nitrogens is 1. The van der Waals surface area contributed by atoms with E-state index in [1.165, 1.54) is 6.20 Å². The van der Waals surface area contributed by atoms with E-state index < -0.39 is 0 Å². The maximum atomic E-state index is 12.4. The molecular weight excluding hydrogens is 278 g/mol. The van der Waals surface area contributed by atoms with Gasteiger partial charge in [-0.15, -0.1) is 0 Å². The van der Waals surface area contributed by atoms with Gasteiger partial charge in [0.15, 0.2) is 0 Å². The first-order valence-electron chi connectivity index (χ1n) is 7.39. The second-order valence-electron chi connectivity index (χ2n) is 5.72. The van der Waals surface area contributed by atoms with E-state index in [0.29, 0.717) is 24.2 Å². The summed E-state index contributed by atoms with van der Waals surface area (Å²) in [5, 5.41) is 12.6. The summed E-state index contributed by atoms with van der Waals surface area (Å²) in [4.78, 5) is 16.4. The van der Waals surface area contributed by atoms with Crippen LogP contribution in [-0.4, -0.2) is 22.1 Å². The van der Waals surface area contributed by atoms with Gasteiger partial charge in [-0.3, -0.25) is 4.79 Å². The third-order valence-electron chi connectivity index (χ3n) is 4.11. The fourth-order valence-electron chi connectivity index (χ4n) is 2.80. The number of rotatable bonds is 4. The molecule has 1 fully saturated rings. The third kappa shape index (κ3) is 3.09. The lowest BCUT2D eigenvalue weighted by Crippen LogP contribution is -2.41. The average molecular weight is 297 g/mol. The van der Waals surface area contributed by atoms with Crippen molar-refractivity contribution in [3.8, 4) is 0 Å². The van der Waals surface area contributed by atoms with Crippen LogP contribution in [0.2, 0.25) is 0 Å². The Kier molecular flexibility index (Phi) is 4.06. The van der Waals surface area contributed by atoms with Crippen LogP contribution in [0.5, 0.6) is 0 Å². The molecule has 1 heterocycles. The summed E-state index contributed by atoms with van der Waals surface area (Å²) in [5.74, 6) is 0.462. The number of nitrogens with two attached hydrogens (primary N) is 1. The highest BCUT2D eigenvalue weighted by molar-refractivity contribution is 5.94. The van der Waals surface area contributed by atoms with Crippen LogP contribution in [0.1, 0.15) is 34.8 Å². The van der Waals surface area contributed by atoms with Gasteiger partial charge in [-0.1, -0.05) is 30.3 Å². The molecule has 1 saturated carbocycles. The van der Waals surface area contributed by atoms with E-state index in [4.69, 9.17) is 5.73 Å². The Labute approximate surface area is 129 Å². The van der Waals surface area contributed by atoms with E-state index >= 15 is 0 Å². The molecule has 1 amide bonds. The molecule has 0 unspecified atom stereocenters. The highest BCUT2D eigenvalue weighted by Gasteiger charge is 2.35. The lowest BCUT2D eigenvalue weighted by molar-refractivity contribution is 0.0235. The van der Waals surface area contributed by atoms with E-state index in [1.807, 2.05) is 30.3 Å². The number of amides is 1. The molecule has 0 aliphatic heterocycles. The minimum Gasteiger partial charge on any atom is -0.393 e. The number of carbonyl (C=O) groups is 1. The van der Waals surface area contributed by atoms with E-state index in [-0.39, 0.29) is 24.0 Å². The van der Waals surface area contributed by atoms with Crippen LogP contribution < -0.4 is 11.1 Å². The summed E-state index contributed by atoms with van der Waals surface area (Å²) in [5.41, 5.74) is 7.08. The fourth-order valence-corrected chi connectivity index (χ4v) is 2.80. The number of hydrogen-bond donors (Lipinski definition) is 3. The molecule has 22 heavy (non-hydrogen) atoms. The predicted octanol–water partition coefficient (Wildman–Crippen LogP) is 1.91. The van der Waals surface area contributed by atoms with Gasteiger partial charge in [0.25, 0.3) is 5.91 Å². The number of aliphatic hydroxyl groups is 1. The SMILES string of the molecule is Nc1ccc(C(=O)N[C@H](c2ccccc2)C2CC(O)C2)cn1. The first-order chi connectivity index (χ1) is 10.6. The molecule has 3 rings (SSSR count). The quantitative estimate of drug-likeness (QED) is 0.804. The Bertz CT molecular complexity index is 637. The molecule has 4 N–H and O–H groups in total. The molecule has 0 bridgehead atoms. The number of nitrogens with zero attached hydrogens (tertiary/aromatic N) is 1. The molecule has 2 aromatic rings. The van der Waals surface area contributed by atoms with Crippen LogP contribution in [-0.2, 0) is 0 Å². The number of hydrogen-bond acceptors (Lipinski definition) is 4. The van der Waals surface area contributed by atoms with Gasteiger partial charge in [-0.25, -0.2) is 4.98 Å². The largest absolute Gasteiger partial charge is 0.393 e. The third-order valence-corrected chi connectivity index (χ3v) is 4.11. The van der Waals surface area contributed by atoms with Crippen molar-refractivity contribution >= 4 is 11.7 Å². The molecule has 0 spiro atoms. The van der Waals surface area contributed by atoms with Crippen molar-refractivity contribution in [2.45, 2.75) is 25.0 Å². The van der Waals surface area contributed by atoms with Gasteiger partial charge >= 0.3 is 0 Å². The molecule has 114 valence electrons. The number of aliphatic hydroxyl groups excluding tert-OH is 1. The van der Waals surface area contributed by atoms with Gasteiger partial charge in [0.1, 0.15) is 5.82 Å². The predicted molar refractivity (Wildman–Crippen MR) is 84.0 cm³/mol. The van der Waals surface area contributed by atoms with Crippen molar-refractivity contribution in [1.29, 1.82) is 0 Å². The molecule has 1 aliphatic rings. The Morgan fingerprint density at radius 1 is 1.23 bits per heavy atom. The number of nitrogens with one attached hydrogen (secondary N) is 1. The van der Waals surface area contributed by atoms with Gasteiger partial charge in [0.2, 0.25) is 0 Å². The van der Waals surface area contributed by atoms with Gasteiger partial charge in [0.05, 0.1) is 17.7 Å². The van der Waals surface area contributed by atoms with Gasteiger partial charge < -0.3 is 16.2 Å². The number of benzene rings is 1. The van der Waals surface area contributed by atoms with Crippen molar-refractivity contribution in [1.82, 2.24) is 10.3 Å². The Balaban J connectivity index is 1.78. The summed E-state index contributed by atoms with van der Waals surface area (Å²) >= 11 is 0. The minimum absolute atomic E-state index is 0.102. The zero-order chi connectivity index (χ0) is 15.5. The van der Waals surface area contributed by atoms with E-state index in [0.717, 1.165) is 5.56 Å². The Morgan fingerprint density at radius 2 is 1.95 bits per heavy atom. The molecule has 5 nitrogen and oxygen atoms in total. The van der Waals surface area contributed by atoms with E-state index in [9.17, 15) is 9.90 Å². The number of carbonyl (C=O) groups excluding carboxylic acids is 1. The van der Waals surface area contributed by atoms with Crippen molar-refractivity contribution in [2.75, 3.05) is 5.73 Å². The molecule has 1 aliphatic carbocycles. The molecule has 0 saturated heterocycles. The van der Waals surface area contributed by atoms with Crippen LogP contribution in [0.3, 0.4) is 0 Å². The molecular formula is C17H19N3O2. The van der Waals surface area contributed by atoms with Gasteiger partial charge in [-0.2, -0.15) is 0 Å². The van der Waals surface area contributed by atoms with Crippen LogP contribution in [0.4, 0.5) is 5.82 Å². The summed E-state index contributed by atoms with van der Waals surface area (Å²) in [6.45, 7) is 0. The topological polar surface area (TPSA) is 88.2 Å². The van der Waals surface area contributed by atoms with Crippen molar-refractivity contribution in [3.05, 3.63) is 59.8 Å².